The average molecular weight is 277 g/mol. The van der Waals surface area contributed by atoms with Crippen LogP contribution in [-0.2, 0) is 16.0 Å². The monoisotopic (exact) mass is 277 g/mol. The van der Waals surface area contributed by atoms with Crippen LogP contribution in [0.3, 0.4) is 0 Å². The predicted molar refractivity (Wildman–Crippen MR) is 74.4 cm³/mol. The van der Waals surface area contributed by atoms with E-state index in [0.717, 1.165) is 22.0 Å². The standard InChI is InChI=1S/C14H15NO3S/c1-3-18-13(16)8-11-9-19-14(15-11)10-5-4-6-12(7-10)17-2/h4-7,9H,3,8H2,1-2H3. The summed E-state index contributed by atoms with van der Waals surface area (Å²) < 4.78 is 10.1. The smallest absolute Gasteiger partial charge is 0.311 e. The lowest BCUT2D eigenvalue weighted by atomic mass is 10.2. The zero-order valence-corrected chi connectivity index (χ0v) is 11.7. The van der Waals surface area contributed by atoms with Crippen molar-refractivity contribution in [3.63, 3.8) is 0 Å². The van der Waals surface area contributed by atoms with E-state index in [1.165, 1.54) is 11.3 Å². The number of methoxy groups -OCH3 is 1. The van der Waals surface area contributed by atoms with Crippen molar-refractivity contribution >= 4 is 17.3 Å². The number of nitrogens with zero attached hydrogens (tertiary/aromatic N) is 1. The molecule has 0 amide bonds. The SMILES string of the molecule is CCOC(=O)Cc1csc(-c2cccc(OC)c2)n1. The summed E-state index contributed by atoms with van der Waals surface area (Å²) in [5.74, 6) is 0.546. The molecular weight excluding hydrogens is 262 g/mol. The molecule has 0 aliphatic rings. The molecule has 5 heteroatoms. The van der Waals surface area contributed by atoms with Gasteiger partial charge in [-0.1, -0.05) is 12.1 Å². The van der Waals surface area contributed by atoms with Crippen molar-refractivity contribution in [2.75, 3.05) is 13.7 Å². The van der Waals surface area contributed by atoms with E-state index in [0.29, 0.717) is 6.61 Å². The van der Waals surface area contributed by atoms with E-state index in [-0.39, 0.29) is 12.4 Å². The van der Waals surface area contributed by atoms with Gasteiger partial charge in [0.15, 0.2) is 0 Å². The molecule has 0 spiro atoms. The Morgan fingerprint density at radius 3 is 3.00 bits per heavy atom. The molecule has 2 rings (SSSR count). The van der Waals surface area contributed by atoms with E-state index in [1.807, 2.05) is 29.6 Å². The van der Waals surface area contributed by atoms with Gasteiger partial charge >= 0.3 is 5.97 Å². The van der Waals surface area contributed by atoms with E-state index in [4.69, 9.17) is 9.47 Å². The van der Waals surface area contributed by atoms with Crippen LogP contribution in [0.2, 0.25) is 0 Å². The molecule has 19 heavy (non-hydrogen) atoms. The first-order valence-corrected chi connectivity index (χ1v) is 6.85. The number of rotatable bonds is 5. The second kappa shape index (κ2) is 6.33. The molecule has 1 aromatic carbocycles. The molecule has 0 radical (unpaired) electrons. The quantitative estimate of drug-likeness (QED) is 0.788. The van der Waals surface area contributed by atoms with Gasteiger partial charge in [-0.25, -0.2) is 4.98 Å². The molecule has 100 valence electrons. The molecule has 0 unspecified atom stereocenters. The van der Waals surface area contributed by atoms with Crippen molar-refractivity contribution in [3.8, 4) is 16.3 Å². The third kappa shape index (κ3) is 3.54. The molecular formula is C14H15NO3S. The van der Waals surface area contributed by atoms with Crippen molar-refractivity contribution in [3.05, 3.63) is 35.3 Å². The largest absolute Gasteiger partial charge is 0.497 e. The van der Waals surface area contributed by atoms with Gasteiger partial charge in [0.05, 0.1) is 25.8 Å². The molecule has 0 aliphatic carbocycles. The number of hydrogen-bond donors (Lipinski definition) is 0. The summed E-state index contributed by atoms with van der Waals surface area (Å²) in [5, 5.41) is 2.75. The topological polar surface area (TPSA) is 48.4 Å². The minimum absolute atomic E-state index is 0.217. The molecule has 4 nitrogen and oxygen atoms in total. The Kier molecular flexibility index (Phi) is 4.52. The highest BCUT2D eigenvalue weighted by Gasteiger charge is 2.10. The van der Waals surface area contributed by atoms with E-state index >= 15 is 0 Å². The fraction of sp³-hybridized carbons (Fsp3) is 0.286. The lowest BCUT2D eigenvalue weighted by Crippen LogP contribution is -2.07. The van der Waals surface area contributed by atoms with Crippen molar-refractivity contribution in [1.29, 1.82) is 0 Å². The number of aromatic nitrogens is 1. The van der Waals surface area contributed by atoms with Gasteiger partial charge in [-0.15, -0.1) is 11.3 Å². The normalized spacial score (nSPS) is 10.2. The molecule has 0 fully saturated rings. The highest BCUT2D eigenvalue weighted by Crippen LogP contribution is 2.26. The van der Waals surface area contributed by atoms with Gasteiger partial charge < -0.3 is 9.47 Å². The van der Waals surface area contributed by atoms with Gasteiger partial charge in [0.1, 0.15) is 10.8 Å². The Balaban J connectivity index is 2.13. The van der Waals surface area contributed by atoms with E-state index < -0.39 is 0 Å². The Bertz CT molecular complexity index is 565. The van der Waals surface area contributed by atoms with Crippen LogP contribution in [0.1, 0.15) is 12.6 Å². The van der Waals surface area contributed by atoms with Crippen LogP contribution in [0.15, 0.2) is 29.6 Å². The van der Waals surface area contributed by atoms with Crippen LogP contribution >= 0.6 is 11.3 Å². The number of hydrogen-bond acceptors (Lipinski definition) is 5. The van der Waals surface area contributed by atoms with Crippen LogP contribution in [0, 0.1) is 0 Å². The van der Waals surface area contributed by atoms with Gasteiger partial charge in [0, 0.05) is 10.9 Å². The second-order valence-electron chi connectivity index (χ2n) is 3.86. The number of thiazole rings is 1. The fourth-order valence-corrected chi connectivity index (χ4v) is 2.45. The Morgan fingerprint density at radius 1 is 1.42 bits per heavy atom. The van der Waals surface area contributed by atoms with Crippen molar-refractivity contribution < 1.29 is 14.3 Å². The third-order valence-electron chi connectivity index (χ3n) is 2.50. The average Bonchev–Trinajstić information content (AvgIpc) is 2.87. The molecule has 0 N–H and O–H groups in total. The molecule has 0 saturated heterocycles. The van der Waals surface area contributed by atoms with Crippen LogP contribution in [0.4, 0.5) is 0 Å². The van der Waals surface area contributed by atoms with Crippen molar-refractivity contribution in [1.82, 2.24) is 4.98 Å². The zero-order chi connectivity index (χ0) is 13.7. The maximum Gasteiger partial charge on any atom is 0.311 e. The lowest BCUT2D eigenvalue weighted by molar-refractivity contribution is -0.142. The molecule has 0 atom stereocenters. The summed E-state index contributed by atoms with van der Waals surface area (Å²) in [6.07, 6.45) is 0.217. The number of carbonyl (C=O) groups excluding carboxylic acids is 1. The Morgan fingerprint density at radius 2 is 2.26 bits per heavy atom. The summed E-state index contributed by atoms with van der Waals surface area (Å²) in [6, 6.07) is 7.69. The van der Waals surface area contributed by atoms with E-state index in [2.05, 4.69) is 4.98 Å². The first kappa shape index (κ1) is 13.5. The minimum atomic E-state index is -0.245. The summed E-state index contributed by atoms with van der Waals surface area (Å²) in [7, 11) is 1.63. The van der Waals surface area contributed by atoms with Crippen molar-refractivity contribution in [2.24, 2.45) is 0 Å². The highest BCUT2D eigenvalue weighted by molar-refractivity contribution is 7.13. The number of ether oxygens (including phenoxy) is 2. The minimum Gasteiger partial charge on any atom is -0.497 e. The maximum absolute atomic E-state index is 11.4. The zero-order valence-electron chi connectivity index (χ0n) is 10.9. The van der Waals surface area contributed by atoms with Crippen LogP contribution in [0.25, 0.3) is 10.6 Å². The van der Waals surface area contributed by atoms with Gasteiger partial charge in [-0.3, -0.25) is 4.79 Å². The number of carbonyl (C=O) groups is 1. The molecule has 2 aromatic rings. The third-order valence-corrected chi connectivity index (χ3v) is 3.44. The Hall–Kier alpha value is -1.88. The summed E-state index contributed by atoms with van der Waals surface area (Å²) >= 11 is 1.51. The van der Waals surface area contributed by atoms with Gasteiger partial charge in [-0.05, 0) is 19.1 Å². The van der Waals surface area contributed by atoms with Crippen molar-refractivity contribution in [2.45, 2.75) is 13.3 Å². The van der Waals surface area contributed by atoms with E-state index in [1.54, 1.807) is 14.0 Å². The molecule has 0 saturated carbocycles. The van der Waals surface area contributed by atoms with Gasteiger partial charge in [0.2, 0.25) is 0 Å². The fourth-order valence-electron chi connectivity index (χ4n) is 1.64. The molecule has 0 aliphatic heterocycles. The molecule has 0 bridgehead atoms. The first-order valence-electron chi connectivity index (χ1n) is 5.97. The van der Waals surface area contributed by atoms with Crippen LogP contribution in [-0.4, -0.2) is 24.7 Å². The molecule has 1 aromatic heterocycles. The highest BCUT2D eigenvalue weighted by atomic mass is 32.1. The molecule has 1 heterocycles. The van der Waals surface area contributed by atoms with Crippen LogP contribution in [0.5, 0.6) is 5.75 Å². The Labute approximate surface area is 116 Å². The number of benzene rings is 1. The van der Waals surface area contributed by atoms with E-state index in [9.17, 15) is 4.79 Å². The summed E-state index contributed by atoms with van der Waals surface area (Å²) in [5.41, 5.74) is 1.72. The lowest BCUT2D eigenvalue weighted by Gasteiger charge is -2.01. The van der Waals surface area contributed by atoms with Gasteiger partial charge in [0.25, 0.3) is 0 Å². The number of esters is 1. The van der Waals surface area contributed by atoms with Crippen LogP contribution < -0.4 is 4.74 Å². The first-order chi connectivity index (χ1) is 9.22. The summed E-state index contributed by atoms with van der Waals surface area (Å²) in [4.78, 5) is 15.8. The second-order valence-corrected chi connectivity index (χ2v) is 4.72. The summed E-state index contributed by atoms with van der Waals surface area (Å²) in [6.45, 7) is 2.19. The predicted octanol–water partition coefficient (Wildman–Crippen LogP) is 2.92. The maximum atomic E-state index is 11.4. The van der Waals surface area contributed by atoms with Gasteiger partial charge in [-0.2, -0.15) is 0 Å².